The van der Waals surface area contributed by atoms with Crippen LogP contribution in [0.1, 0.15) is 74.7 Å². The Morgan fingerprint density at radius 3 is 1.78 bits per heavy atom. The lowest BCUT2D eigenvalue weighted by Gasteiger charge is -2.42. The van der Waals surface area contributed by atoms with E-state index in [-0.39, 0.29) is 22.2 Å². The van der Waals surface area contributed by atoms with Gasteiger partial charge in [-0.05, 0) is 95.3 Å². The van der Waals surface area contributed by atoms with Crippen LogP contribution in [0.4, 0.5) is 0 Å². The summed E-state index contributed by atoms with van der Waals surface area (Å²) in [6.45, 7) is 19.7. The maximum Gasteiger partial charge on any atom is 0.0638 e. The molecule has 0 aliphatic heterocycles. The van der Waals surface area contributed by atoms with Crippen LogP contribution in [0.2, 0.25) is 0 Å². The fraction of sp³-hybridized carbons (Fsp3) is 1.00. The van der Waals surface area contributed by atoms with Gasteiger partial charge in [0, 0.05) is 23.2 Å². The lowest BCUT2D eigenvalue weighted by molar-refractivity contribution is -0.0316. The van der Waals surface area contributed by atoms with Crippen molar-refractivity contribution in [3.63, 3.8) is 0 Å². The summed E-state index contributed by atoms with van der Waals surface area (Å²) < 4.78 is 6.11. The quantitative estimate of drug-likeness (QED) is 0.514. The minimum Gasteiger partial charge on any atom is -0.375 e. The van der Waals surface area contributed by atoms with Gasteiger partial charge in [-0.2, -0.15) is 0 Å². The van der Waals surface area contributed by atoms with Crippen molar-refractivity contribution in [2.24, 2.45) is 0 Å². The highest BCUT2D eigenvalue weighted by Crippen LogP contribution is 2.24. The van der Waals surface area contributed by atoms with Gasteiger partial charge in [-0.15, -0.1) is 0 Å². The minimum absolute atomic E-state index is 0.0480. The first-order chi connectivity index (χ1) is 10.2. The Morgan fingerprint density at radius 2 is 1.30 bits per heavy atom. The molecule has 0 unspecified atom stereocenters. The maximum absolute atomic E-state index is 6.11. The molecule has 140 valence electrons. The highest BCUT2D eigenvalue weighted by Gasteiger charge is 2.32. The van der Waals surface area contributed by atoms with Crippen molar-refractivity contribution in [1.29, 1.82) is 0 Å². The fourth-order valence-corrected chi connectivity index (χ4v) is 3.30. The normalized spacial score (nSPS) is 14.3. The van der Waals surface area contributed by atoms with E-state index in [1.54, 1.807) is 0 Å². The van der Waals surface area contributed by atoms with Crippen molar-refractivity contribution in [3.8, 4) is 0 Å². The van der Waals surface area contributed by atoms with Crippen molar-refractivity contribution < 1.29 is 4.74 Å². The molecule has 0 spiro atoms. The van der Waals surface area contributed by atoms with Crippen LogP contribution < -0.4 is 16.0 Å². The van der Waals surface area contributed by atoms with Gasteiger partial charge in [0.05, 0.1) is 5.60 Å². The topological polar surface area (TPSA) is 45.3 Å². The smallest absolute Gasteiger partial charge is 0.0638 e. The van der Waals surface area contributed by atoms with Crippen LogP contribution in [0.25, 0.3) is 0 Å². The van der Waals surface area contributed by atoms with E-state index < -0.39 is 0 Å². The van der Waals surface area contributed by atoms with E-state index in [1.807, 2.05) is 14.1 Å². The van der Waals surface area contributed by atoms with Gasteiger partial charge in [0.25, 0.3) is 0 Å². The molecule has 0 aliphatic carbocycles. The van der Waals surface area contributed by atoms with E-state index in [2.05, 4.69) is 71.3 Å². The predicted molar refractivity (Wildman–Crippen MR) is 102 cm³/mol. The summed E-state index contributed by atoms with van der Waals surface area (Å²) in [5, 5.41) is 10.4. The summed E-state index contributed by atoms with van der Waals surface area (Å²) in [7, 11) is 4.01. The van der Waals surface area contributed by atoms with Crippen LogP contribution in [0, 0.1) is 0 Å². The van der Waals surface area contributed by atoms with Crippen molar-refractivity contribution >= 4 is 0 Å². The van der Waals surface area contributed by atoms with Crippen LogP contribution in [0.15, 0.2) is 0 Å². The number of nitrogens with one attached hydrogen (secondary N) is 3. The second-order valence-electron chi connectivity index (χ2n) is 9.42. The molecular weight excluding hydrogens is 286 g/mol. The van der Waals surface area contributed by atoms with Gasteiger partial charge in [0.1, 0.15) is 0 Å². The van der Waals surface area contributed by atoms with E-state index >= 15 is 0 Å². The zero-order chi connectivity index (χ0) is 18.4. The molecule has 0 aromatic rings. The van der Waals surface area contributed by atoms with Crippen LogP contribution in [0.3, 0.4) is 0 Å². The molecule has 0 fully saturated rings. The first-order valence-electron chi connectivity index (χ1n) is 9.01. The highest BCUT2D eigenvalue weighted by atomic mass is 16.5. The molecule has 23 heavy (non-hydrogen) atoms. The highest BCUT2D eigenvalue weighted by molar-refractivity contribution is 4.94. The van der Waals surface area contributed by atoms with E-state index in [9.17, 15) is 0 Å². The average molecular weight is 330 g/mol. The van der Waals surface area contributed by atoms with Crippen LogP contribution in [0.5, 0.6) is 0 Å². The zero-order valence-corrected chi connectivity index (χ0v) is 17.4. The van der Waals surface area contributed by atoms with Gasteiger partial charge < -0.3 is 20.7 Å². The van der Waals surface area contributed by atoms with Gasteiger partial charge in [-0.3, -0.25) is 0 Å². The molecular formula is C19H43N3O. The number of hydrogen-bond acceptors (Lipinski definition) is 4. The fourth-order valence-electron chi connectivity index (χ4n) is 3.30. The summed E-state index contributed by atoms with van der Waals surface area (Å²) in [5.74, 6) is 0. The Balaban J connectivity index is 4.42. The summed E-state index contributed by atoms with van der Waals surface area (Å²) in [4.78, 5) is 0. The van der Waals surface area contributed by atoms with E-state index in [0.717, 1.165) is 32.4 Å². The van der Waals surface area contributed by atoms with Gasteiger partial charge in [-0.25, -0.2) is 0 Å². The van der Waals surface area contributed by atoms with Crippen LogP contribution in [-0.4, -0.2) is 49.5 Å². The molecule has 0 amide bonds. The number of rotatable bonds is 12. The second-order valence-corrected chi connectivity index (χ2v) is 9.42. The monoisotopic (exact) mass is 329 g/mol. The Morgan fingerprint density at radius 1 is 0.739 bits per heavy atom. The molecule has 0 atom stereocenters. The zero-order valence-electron chi connectivity index (χ0n) is 17.4. The largest absolute Gasteiger partial charge is 0.375 e. The number of hydrogen-bond donors (Lipinski definition) is 3. The standard InChI is InChI=1S/C19H43N3O/c1-16(2,12-14-23-19(7,8)11-13-20-9)22-18(5,6)15-17(3,4)21-10/h20-22H,11-15H2,1-10H3. The Kier molecular flexibility index (Phi) is 8.73. The Labute approximate surface area is 145 Å². The Bertz CT molecular complexity index is 336. The van der Waals surface area contributed by atoms with Crippen molar-refractivity contribution in [1.82, 2.24) is 16.0 Å². The van der Waals surface area contributed by atoms with Crippen LogP contribution in [-0.2, 0) is 4.74 Å². The van der Waals surface area contributed by atoms with Gasteiger partial charge in [0.15, 0.2) is 0 Å². The molecule has 0 aliphatic rings. The molecule has 0 saturated heterocycles. The average Bonchev–Trinajstić information content (AvgIpc) is 2.33. The lowest BCUT2D eigenvalue weighted by Crippen LogP contribution is -2.56. The van der Waals surface area contributed by atoms with Crippen molar-refractivity contribution in [2.75, 3.05) is 27.2 Å². The molecule has 0 rings (SSSR count). The molecule has 0 bridgehead atoms. The first kappa shape index (κ1) is 22.8. The van der Waals surface area contributed by atoms with Gasteiger partial charge in [-0.1, -0.05) is 0 Å². The third-order valence-corrected chi connectivity index (χ3v) is 4.43. The molecule has 3 N–H and O–H groups in total. The van der Waals surface area contributed by atoms with E-state index in [1.165, 1.54) is 0 Å². The van der Waals surface area contributed by atoms with Crippen LogP contribution >= 0.6 is 0 Å². The Hall–Kier alpha value is -0.160. The molecule has 4 nitrogen and oxygen atoms in total. The molecule has 0 saturated carbocycles. The van der Waals surface area contributed by atoms with Gasteiger partial charge in [0.2, 0.25) is 0 Å². The minimum atomic E-state index is -0.0667. The summed E-state index contributed by atoms with van der Waals surface area (Å²) in [6.07, 6.45) is 3.09. The SMILES string of the molecule is CNCCC(C)(C)OCCC(C)(C)NC(C)(C)CC(C)(C)NC. The molecule has 4 heteroatoms. The molecule has 0 radical (unpaired) electrons. The predicted octanol–water partition coefficient (Wildman–Crippen LogP) is 3.32. The summed E-state index contributed by atoms with van der Waals surface area (Å²) in [6, 6.07) is 0. The molecule has 0 aromatic carbocycles. The third-order valence-electron chi connectivity index (χ3n) is 4.43. The second kappa shape index (κ2) is 8.80. The lowest BCUT2D eigenvalue weighted by atomic mass is 9.84. The van der Waals surface area contributed by atoms with E-state index in [4.69, 9.17) is 4.74 Å². The molecule has 0 heterocycles. The first-order valence-corrected chi connectivity index (χ1v) is 9.01. The van der Waals surface area contributed by atoms with Crippen molar-refractivity contribution in [2.45, 2.75) is 96.9 Å². The van der Waals surface area contributed by atoms with E-state index in [0.29, 0.717) is 0 Å². The summed E-state index contributed by atoms with van der Waals surface area (Å²) >= 11 is 0. The van der Waals surface area contributed by atoms with Crippen molar-refractivity contribution in [3.05, 3.63) is 0 Å². The van der Waals surface area contributed by atoms with Gasteiger partial charge >= 0.3 is 0 Å². The number of ether oxygens (including phenoxy) is 1. The maximum atomic E-state index is 6.11. The third kappa shape index (κ3) is 11.1. The summed E-state index contributed by atoms with van der Waals surface area (Å²) in [5.41, 5.74) is 0.172. The molecule has 0 aromatic heterocycles.